The molecule has 6 amide bonds. The maximum Gasteiger partial charge on any atom is 0.315 e. The van der Waals surface area contributed by atoms with Gasteiger partial charge in [-0.05, 0) is 41.9 Å². The number of carbonyl (C=O) groups is 6. The first-order chi connectivity index (χ1) is 21.2. The Bertz CT molecular complexity index is 1150. The fraction of sp³-hybridized carbons (Fsp3) is 0.765. The summed E-state index contributed by atoms with van der Waals surface area (Å²) >= 11 is 0. The molecule has 12 nitrogen and oxygen atoms in total. The van der Waals surface area contributed by atoms with Gasteiger partial charge in [-0.1, -0.05) is 74.8 Å². The quantitative estimate of drug-likeness (QED) is 0.178. The van der Waals surface area contributed by atoms with Crippen molar-refractivity contribution in [1.29, 1.82) is 0 Å². The molecule has 12 heteroatoms. The molecule has 4 atom stereocenters. The van der Waals surface area contributed by atoms with Crippen molar-refractivity contribution in [3.8, 4) is 0 Å². The number of Topliss-reactive ketones (excluding diaryl/α,β-unsaturated/α-hetero) is 1. The second-order valence-electron chi connectivity index (χ2n) is 15.7. The van der Waals surface area contributed by atoms with Crippen molar-refractivity contribution in [2.24, 2.45) is 16.2 Å². The molecule has 2 saturated heterocycles. The summed E-state index contributed by atoms with van der Waals surface area (Å²) in [5.74, 6) is -2.39. The van der Waals surface area contributed by atoms with Crippen LogP contribution in [0.3, 0.4) is 0 Å². The summed E-state index contributed by atoms with van der Waals surface area (Å²) < 4.78 is 0. The minimum atomic E-state index is -1.02. The molecule has 4 unspecified atom stereocenters. The lowest BCUT2D eigenvalue weighted by Gasteiger charge is -2.41. The molecule has 4 N–H and O–H groups in total. The van der Waals surface area contributed by atoms with Gasteiger partial charge in [0, 0.05) is 32.6 Å². The van der Waals surface area contributed by atoms with Crippen molar-refractivity contribution in [3.63, 3.8) is 0 Å². The first kappa shape index (κ1) is 38.7. The molecule has 0 aromatic rings. The zero-order chi connectivity index (χ0) is 35.0. The van der Waals surface area contributed by atoms with Crippen LogP contribution in [0, 0.1) is 16.2 Å². The van der Waals surface area contributed by atoms with Gasteiger partial charge in [0.15, 0.2) is 0 Å². The summed E-state index contributed by atoms with van der Waals surface area (Å²) in [6, 6.07) is -3.74. The Labute approximate surface area is 275 Å². The van der Waals surface area contributed by atoms with E-state index in [1.165, 1.54) is 11.0 Å². The molecule has 0 aromatic carbocycles. The fourth-order valence-corrected chi connectivity index (χ4v) is 5.81. The molecule has 2 aliphatic rings. The number of nitrogens with zero attached hydrogens (tertiary/aromatic N) is 2. The molecule has 0 aromatic heterocycles. The molecule has 2 fully saturated rings. The van der Waals surface area contributed by atoms with Crippen LogP contribution in [0.5, 0.6) is 0 Å². The summed E-state index contributed by atoms with van der Waals surface area (Å²) in [4.78, 5) is 82.2. The Morgan fingerprint density at radius 1 is 1.00 bits per heavy atom. The maximum atomic E-state index is 14.0. The highest BCUT2D eigenvalue weighted by molar-refractivity contribution is 6.38. The van der Waals surface area contributed by atoms with Gasteiger partial charge in [0.05, 0.1) is 12.1 Å². The van der Waals surface area contributed by atoms with Gasteiger partial charge in [-0.15, -0.1) is 6.58 Å². The van der Waals surface area contributed by atoms with Crippen LogP contribution >= 0.6 is 0 Å². The number of amides is 6. The predicted octanol–water partition coefficient (Wildman–Crippen LogP) is 2.91. The molecule has 0 spiro atoms. The first-order valence-corrected chi connectivity index (χ1v) is 16.6. The van der Waals surface area contributed by atoms with Gasteiger partial charge in [-0.3, -0.25) is 24.0 Å². The molecule has 2 rings (SSSR count). The van der Waals surface area contributed by atoms with E-state index in [1.54, 1.807) is 4.90 Å². The van der Waals surface area contributed by atoms with E-state index in [1.807, 2.05) is 48.5 Å². The third-order valence-electron chi connectivity index (χ3n) is 8.86. The Kier molecular flexibility index (Phi) is 13.4. The van der Waals surface area contributed by atoms with Gasteiger partial charge in [-0.25, -0.2) is 4.79 Å². The number of piperidine rings is 1. The van der Waals surface area contributed by atoms with Crippen molar-refractivity contribution in [3.05, 3.63) is 12.7 Å². The van der Waals surface area contributed by atoms with Crippen molar-refractivity contribution >= 4 is 35.4 Å². The summed E-state index contributed by atoms with van der Waals surface area (Å²) in [7, 11) is 0. The molecule has 0 saturated carbocycles. The van der Waals surface area contributed by atoms with Crippen molar-refractivity contribution in [1.82, 2.24) is 31.1 Å². The molecule has 0 aliphatic carbocycles. The third-order valence-corrected chi connectivity index (χ3v) is 8.86. The summed E-state index contributed by atoms with van der Waals surface area (Å²) in [6.07, 6.45) is 4.59. The number of ketones is 1. The van der Waals surface area contributed by atoms with Crippen LogP contribution < -0.4 is 21.3 Å². The Morgan fingerprint density at radius 3 is 2.20 bits per heavy atom. The Balaban J connectivity index is 2.18. The topological polar surface area (TPSA) is 157 Å². The van der Waals surface area contributed by atoms with Gasteiger partial charge in [-0.2, -0.15) is 0 Å². The van der Waals surface area contributed by atoms with Crippen LogP contribution in [0.1, 0.15) is 101 Å². The number of hydrogen-bond acceptors (Lipinski definition) is 6. The van der Waals surface area contributed by atoms with E-state index in [-0.39, 0.29) is 35.7 Å². The number of nitrogens with one attached hydrogen (secondary N) is 4. The van der Waals surface area contributed by atoms with E-state index in [0.717, 1.165) is 6.42 Å². The van der Waals surface area contributed by atoms with Gasteiger partial charge in [0.25, 0.3) is 5.91 Å². The van der Waals surface area contributed by atoms with Crippen LogP contribution in [0.15, 0.2) is 12.7 Å². The molecule has 2 heterocycles. The molecule has 0 bridgehead atoms. The number of likely N-dealkylation sites (tertiary alicyclic amines) is 2. The second kappa shape index (κ2) is 15.9. The normalized spacial score (nSPS) is 20.3. The predicted molar refractivity (Wildman–Crippen MR) is 178 cm³/mol. The minimum absolute atomic E-state index is 0.0489. The first-order valence-electron chi connectivity index (χ1n) is 16.6. The molecular formula is C34H58N6O6. The fourth-order valence-electron chi connectivity index (χ4n) is 5.81. The monoisotopic (exact) mass is 646 g/mol. The highest BCUT2D eigenvalue weighted by Gasteiger charge is 2.43. The minimum Gasteiger partial charge on any atom is -0.346 e. The lowest BCUT2D eigenvalue weighted by atomic mass is 9.81. The Morgan fingerprint density at radius 2 is 1.65 bits per heavy atom. The number of rotatable bonds is 13. The number of hydrogen-bond donors (Lipinski definition) is 4. The summed E-state index contributed by atoms with van der Waals surface area (Å²) in [5, 5.41) is 11.1. The largest absolute Gasteiger partial charge is 0.346 e. The molecule has 2 aliphatic heterocycles. The summed E-state index contributed by atoms with van der Waals surface area (Å²) in [6.45, 7) is 22.5. The maximum absolute atomic E-state index is 14.0. The Hall–Kier alpha value is -3.44. The molecule has 46 heavy (non-hydrogen) atoms. The van der Waals surface area contributed by atoms with E-state index < -0.39 is 53.1 Å². The molecule has 0 radical (unpaired) electrons. The van der Waals surface area contributed by atoms with E-state index in [0.29, 0.717) is 45.3 Å². The third kappa shape index (κ3) is 10.8. The number of carbonyl (C=O) groups excluding carboxylic acids is 6. The SMILES string of the molecule is C=CCNC(=O)C(=O)C(CCC)NC(=O)C1CCCN1C(=O)C(NC(=O)NC(CN1CCC(C)(C)CC1=O)C(C)(C)C)C(C)(C)C. The van der Waals surface area contributed by atoms with Gasteiger partial charge in [0.2, 0.25) is 23.5 Å². The molecule has 260 valence electrons. The van der Waals surface area contributed by atoms with Crippen molar-refractivity contribution in [2.75, 3.05) is 26.2 Å². The number of urea groups is 1. The lowest BCUT2D eigenvalue weighted by Crippen LogP contribution is -2.62. The summed E-state index contributed by atoms with van der Waals surface area (Å²) in [5.41, 5.74) is -1.13. The second-order valence-corrected chi connectivity index (χ2v) is 15.7. The highest BCUT2D eigenvalue weighted by atomic mass is 16.2. The van der Waals surface area contributed by atoms with E-state index in [2.05, 4.69) is 41.7 Å². The van der Waals surface area contributed by atoms with Crippen LogP contribution in [-0.2, 0) is 24.0 Å². The highest BCUT2D eigenvalue weighted by Crippen LogP contribution is 2.32. The van der Waals surface area contributed by atoms with E-state index >= 15 is 0 Å². The molecular weight excluding hydrogens is 588 g/mol. The van der Waals surface area contributed by atoms with Gasteiger partial charge in [0.1, 0.15) is 12.1 Å². The zero-order valence-electron chi connectivity index (χ0n) is 29.5. The van der Waals surface area contributed by atoms with Crippen LogP contribution in [-0.4, -0.2) is 95.6 Å². The lowest BCUT2D eigenvalue weighted by molar-refractivity contribution is -0.143. The van der Waals surface area contributed by atoms with Gasteiger partial charge < -0.3 is 31.1 Å². The average Bonchev–Trinajstić information content (AvgIpc) is 3.43. The zero-order valence-corrected chi connectivity index (χ0v) is 29.5. The van der Waals surface area contributed by atoms with Crippen molar-refractivity contribution in [2.45, 2.75) is 125 Å². The van der Waals surface area contributed by atoms with E-state index in [4.69, 9.17) is 0 Å². The van der Waals surface area contributed by atoms with Crippen LogP contribution in [0.2, 0.25) is 0 Å². The van der Waals surface area contributed by atoms with Crippen molar-refractivity contribution < 1.29 is 28.8 Å². The average molecular weight is 647 g/mol. The smallest absolute Gasteiger partial charge is 0.315 e. The van der Waals surface area contributed by atoms with Crippen LogP contribution in [0.25, 0.3) is 0 Å². The van der Waals surface area contributed by atoms with Crippen LogP contribution in [0.4, 0.5) is 4.79 Å². The van der Waals surface area contributed by atoms with E-state index in [9.17, 15) is 28.8 Å². The standard InChI is InChI=1S/C34H58N6O6/c1-11-14-22(26(42)29(44)35-17-12-2)36-28(43)23-15-13-18-40(23)30(45)27(33(6,7)8)38-31(46)37-24(32(3,4)5)21-39-19-16-34(9,10)20-25(39)41/h12,22-24,27H,2,11,13-21H2,1,3-10H3,(H,35,44)(H,36,43)(H2,37,38,46). The van der Waals surface area contributed by atoms with Gasteiger partial charge >= 0.3 is 6.03 Å².